The molecule has 0 spiro atoms. The molecule has 0 amide bonds. The molecule has 21 heavy (non-hydrogen) atoms. The van der Waals surface area contributed by atoms with E-state index in [1.54, 1.807) is 6.20 Å². The molecule has 0 N–H and O–H groups in total. The maximum Gasteiger partial charge on any atom is 0.159 e. The number of rotatable bonds is 5. The standard InChI is InChI=1S/C19H21NO/c1-5-16(6-11-19-13-20-21-15(19)4)12-17-7-9-18(10-8-17)14(2)3/h5-11,13-14H,1,4,12H2,2-3H3/b16-6+,19-11-. The van der Waals surface area contributed by atoms with E-state index in [1.165, 1.54) is 11.1 Å². The highest BCUT2D eigenvalue weighted by Crippen LogP contribution is 2.16. The molecule has 2 aromatic rings. The van der Waals surface area contributed by atoms with Gasteiger partial charge in [-0.2, -0.15) is 0 Å². The molecular weight excluding hydrogens is 258 g/mol. The maximum atomic E-state index is 4.94. The van der Waals surface area contributed by atoms with Crippen LogP contribution < -0.4 is 10.6 Å². The van der Waals surface area contributed by atoms with E-state index in [9.17, 15) is 0 Å². The number of aromatic nitrogens is 1. The summed E-state index contributed by atoms with van der Waals surface area (Å²) >= 11 is 0. The van der Waals surface area contributed by atoms with E-state index in [4.69, 9.17) is 4.52 Å². The summed E-state index contributed by atoms with van der Waals surface area (Å²) in [6.45, 7) is 12.1. The van der Waals surface area contributed by atoms with E-state index in [-0.39, 0.29) is 0 Å². The second-order valence-corrected chi connectivity index (χ2v) is 5.39. The van der Waals surface area contributed by atoms with E-state index < -0.39 is 0 Å². The zero-order valence-electron chi connectivity index (χ0n) is 12.7. The number of hydrogen-bond acceptors (Lipinski definition) is 2. The van der Waals surface area contributed by atoms with Gasteiger partial charge in [0.05, 0.1) is 6.20 Å². The predicted octanol–water partition coefficient (Wildman–Crippen LogP) is 3.34. The Kier molecular flexibility index (Phi) is 4.94. The van der Waals surface area contributed by atoms with Crippen molar-refractivity contribution in [2.24, 2.45) is 0 Å². The zero-order chi connectivity index (χ0) is 15.2. The number of hydrogen-bond donors (Lipinski definition) is 0. The first-order valence-electron chi connectivity index (χ1n) is 7.12. The van der Waals surface area contributed by atoms with Crippen molar-refractivity contribution in [1.82, 2.24) is 5.16 Å². The second kappa shape index (κ2) is 6.89. The molecule has 0 radical (unpaired) electrons. The fraction of sp³-hybridized carbons (Fsp3) is 0.211. The third-order valence-electron chi connectivity index (χ3n) is 3.47. The van der Waals surface area contributed by atoms with Crippen molar-refractivity contribution >= 4 is 12.7 Å². The SMILES string of the molecule is C=C/C(=C\C=c1\cnoc1=C)Cc1ccc(C(C)C)cc1. The summed E-state index contributed by atoms with van der Waals surface area (Å²) in [4.78, 5) is 0. The van der Waals surface area contributed by atoms with Crippen LogP contribution in [0.15, 0.2) is 59.3 Å². The molecule has 0 atom stereocenters. The molecule has 0 aliphatic heterocycles. The van der Waals surface area contributed by atoms with Gasteiger partial charge in [-0.15, -0.1) is 0 Å². The van der Waals surface area contributed by atoms with Gasteiger partial charge in [0.25, 0.3) is 0 Å². The van der Waals surface area contributed by atoms with Crippen molar-refractivity contribution in [3.05, 3.63) is 76.5 Å². The molecule has 0 bridgehead atoms. The predicted molar refractivity (Wildman–Crippen MR) is 88.3 cm³/mol. The molecule has 1 heterocycles. The summed E-state index contributed by atoms with van der Waals surface area (Å²) in [5.41, 5.74) is 4.36. The fourth-order valence-electron chi connectivity index (χ4n) is 2.06. The van der Waals surface area contributed by atoms with E-state index >= 15 is 0 Å². The van der Waals surface area contributed by atoms with Gasteiger partial charge in [0.15, 0.2) is 5.42 Å². The lowest BCUT2D eigenvalue weighted by molar-refractivity contribution is 0.395. The summed E-state index contributed by atoms with van der Waals surface area (Å²) in [5, 5.41) is 4.60. The van der Waals surface area contributed by atoms with Gasteiger partial charge in [-0.3, -0.25) is 0 Å². The Labute approximate surface area is 125 Å². The van der Waals surface area contributed by atoms with Crippen LogP contribution in [-0.4, -0.2) is 5.16 Å². The van der Waals surface area contributed by atoms with Crippen molar-refractivity contribution in [1.29, 1.82) is 0 Å². The van der Waals surface area contributed by atoms with Crippen LogP contribution in [0.2, 0.25) is 0 Å². The first-order chi connectivity index (χ1) is 10.1. The van der Waals surface area contributed by atoms with Crippen LogP contribution in [0.3, 0.4) is 0 Å². The molecule has 0 saturated carbocycles. The topological polar surface area (TPSA) is 26.0 Å². The average molecular weight is 279 g/mol. The van der Waals surface area contributed by atoms with Crippen molar-refractivity contribution < 1.29 is 4.52 Å². The van der Waals surface area contributed by atoms with Crippen LogP contribution in [0.1, 0.15) is 30.9 Å². The van der Waals surface area contributed by atoms with Crippen LogP contribution in [0, 0.1) is 0 Å². The van der Waals surface area contributed by atoms with E-state index in [2.05, 4.69) is 56.4 Å². The lowest BCUT2D eigenvalue weighted by Gasteiger charge is -2.07. The van der Waals surface area contributed by atoms with E-state index in [1.807, 2.05) is 18.2 Å². The molecule has 0 aliphatic carbocycles. The van der Waals surface area contributed by atoms with Crippen molar-refractivity contribution in [2.45, 2.75) is 26.2 Å². The van der Waals surface area contributed by atoms with Crippen LogP contribution >= 0.6 is 0 Å². The van der Waals surface area contributed by atoms with Gasteiger partial charge < -0.3 is 4.52 Å². The molecule has 2 heteroatoms. The molecule has 0 unspecified atom stereocenters. The highest BCUT2D eigenvalue weighted by atomic mass is 16.5. The minimum Gasteiger partial charge on any atom is -0.357 e. The van der Waals surface area contributed by atoms with Crippen LogP contribution in [-0.2, 0) is 6.42 Å². The average Bonchev–Trinajstić information content (AvgIpc) is 2.89. The van der Waals surface area contributed by atoms with Crippen molar-refractivity contribution in [3.8, 4) is 0 Å². The lowest BCUT2D eigenvalue weighted by Crippen LogP contribution is -2.16. The number of allylic oxidation sites excluding steroid dienone is 3. The van der Waals surface area contributed by atoms with Gasteiger partial charge in [-0.05, 0) is 35.1 Å². The Hall–Kier alpha value is -2.35. The third-order valence-corrected chi connectivity index (χ3v) is 3.47. The highest BCUT2D eigenvalue weighted by molar-refractivity contribution is 5.43. The van der Waals surface area contributed by atoms with Gasteiger partial charge in [0, 0.05) is 5.22 Å². The molecule has 0 saturated heterocycles. The van der Waals surface area contributed by atoms with Crippen molar-refractivity contribution in [2.75, 3.05) is 0 Å². The Morgan fingerprint density at radius 1 is 1.29 bits per heavy atom. The highest BCUT2D eigenvalue weighted by Gasteiger charge is 2.00. The molecule has 108 valence electrons. The van der Waals surface area contributed by atoms with Crippen LogP contribution in [0.5, 0.6) is 0 Å². The van der Waals surface area contributed by atoms with Gasteiger partial charge >= 0.3 is 0 Å². The summed E-state index contributed by atoms with van der Waals surface area (Å²) in [7, 11) is 0. The molecule has 0 aliphatic rings. The van der Waals surface area contributed by atoms with E-state index in [0.717, 1.165) is 17.2 Å². The van der Waals surface area contributed by atoms with Gasteiger partial charge in [0.1, 0.15) is 0 Å². The number of nitrogens with zero attached hydrogens (tertiary/aromatic N) is 1. The monoisotopic (exact) mass is 279 g/mol. The van der Waals surface area contributed by atoms with Gasteiger partial charge in [0.2, 0.25) is 0 Å². The van der Waals surface area contributed by atoms with Gasteiger partial charge in [-0.1, -0.05) is 68.6 Å². The normalized spacial score (nSPS) is 12.9. The molecule has 1 aromatic carbocycles. The third kappa shape index (κ3) is 4.06. The molecule has 2 nitrogen and oxygen atoms in total. The molecular formula is C19H21NO. The fourth-order valence-corrected chi connectivity index (χ4v) is 2.06. The first-order valence-corrected chi connectivity index (χ1v) is 7.12. The summed E-state index contributed by atoms with van der Waals surface area (Å²) in [6.07, 6.45) is 8.39. The quantitative estimate of drug-likeness (QED) is 0.785. The Morgan fingerprint density at radius 3 is 2.52 bits per heavy atom. The minimum absolute atomic E-state index is 0.561. The molecule has 2 rings (SSSR count). The van der Waals surface area contributed by atoms with Crippen LogP contribution in [0.4, 0.5) is 0 Å². The molecule has 0 fully saturated rings. The molecule has 1 aromatic heterocycles. The van der Waals surface area contributed by atoms with Gasteiger partial charge in [-0.25, -0.2) is 0 Å². The number of benzene rings is 1. The summed E-state index contributed by atoms with van der Waals surface area (Å²) in [6, 6.07) is 8.74. The Balaban J connectivity index is 2.18. The zero-order valence-corrected chi connectivity index (χ0v) is 12.7. The summed E-state index contributed by atoms with van der Waals surface area (Å²) < 4.78 is 4.94. The smallest absolute Gasteiger partial charge is 0.159 e. The van der Waals surface area contributed by atoms with Crippen LogP contribution in [0.25, 0.3) is 12.7 Å². The second-order valence-electron chi connectivity index (χ2n) is 5.39. The minimum atomic E-state index is 0.561. The largest absolute Gasteiger partial charge is 0.357 e. The first kappa shape index (κ1) is 15.0. The maximum absolute atomic E-state index is 4.94. The van der Waals surface area contributed by atoms with E-state index in [0.29, 0.717) is 11.3 Å². The Bertz CT molecular complexity index is 733. The summed E-state index contributed by atoms with van der Waals surface area (Å²) in [5.74, 6) is 0.561. The lowest BCUT2D eigenvalue weighted by atomic mass is 9.99. The Morgan fingerprint density at radius 2 is 2.00 bits per heavy atom. The van der Waals surface area contributed by atoms with Crippen molar-refractivity contribution in [3.63, 3.8) is 0 Å².